The number of amides is 1. The Kier molecular flexibility index (Phi) is 6.61. The molecule has 0 saturated heterocycles. The van der Waals surface area contributed by atoms with E-state index in [0.717, 1.165) is 17.7 Å². The summed E-state index contributed by atoms with van der Waals surface area (Å²) >= 11 is 0. The van der Waals surface area contributed by atoms with E-state index in [2.05, 4.69) is 6.58 Å². The molecule has 27 heavy (non-hydrogen) atoms. The minimum absolute atomic E-state index is 0.0323. The summed E-state index contributed by atoms with van der Waals surface area (Å²) in [5.74, 6) is -0.424. The Morgan fingerprint density at radius 3 is 2.52 bits per heavy atom. The molecule has 0 N–H and O–H groups in total. The van der Waals surface area contributed by atoms with Crippen molar-refractivity contribution in [3.63, 3.8) is 0 Å². The number of benzene rings is 2. The number of carbonyl (C=O) groups excluding carboxylic acids is 1. The quantitative estimate of drug-likeness (QED) is 0.684. The third kappa shape index (κ3) is 5.89. The fourth-order valence-electron chi connectivity index (χ4n) is 2.31. The van der Waals surface area contributed by atoms with Gasteiger partial charge in [-0.2, -0.15) is 18.4 Å². The lowest BCUT2D eigenvalue weighted by Crippen LogP contribution is -2.34. The molecule has 0 aromatic heterocycles. The molecule has 140 valence electrons. The molecule has 0 aliphatic rings. The van der Waals surface area contributed by atoms with Crippen molar-refractivity contribution >= 4 is 5.91 Å². The van der Waals surface area contributed by atoms with Gasteiger partial charge in [-0.25, -0.2) is 0 Å². The Balaban J connectivity index is 2.02. The lowest BCUT2D eigenvalue weighted by molar-refractivity contribution is -0.137. The number of alkyl halides is 3. The average molecular weight is 374 g/mol. The Bertz CT molecular complexity index is 840. The van der Waals surface area contributed by atoms with Crippen molar-refractivity contribution in [2.24, 2.45) is 0 Å². The molecule has 7 heteroatoms. The van der Waals surface area contributed by atoms with Gasteiger partial charge in [-0.1, -0.05) is 24.3 Å². The van der Waals surface area contributed by atoms with Crippen LogP contribution in [-0.2, 0) is 17.5 Å². The highest BCUT2D eigenvalue weighted by molar-refractivity contribution is 5.78. The van der Waals surface area contributed by atoms with Gasteiger partial charge in [0.25, 0.3) is 5.91 Å². The number of halogens is 3. The number of hydrogen-bond acceptors (Lipinski definition) is 3. The lowest BCUT2D eigenvalue weighted by atomic mass is 10.1. The molecular weight excluding hydrogens is 357 g/mol. The number of nitriles is 1. The van der Waals surface area contributed by atoms with Gasteiger partial charge in [0.2, 0.25) is 0 Å². The number of carbonyl (C=O) groups is 1. The van der Waals surface area contributed by atoms with Gasteiger partial charge in [-0.3, -0.25) is 4.79 Å². The van der Waals surface area contributed by atoms with Crippen LogP contribution in [0.1, 0.15) is 16.7 Å². The van der Waals surface area contributed by atoms with Crippen molar-refractivity contribution in [1.82, 2.24) is 4.90 Å². The van der Waals surface area contributed by atoms with Crippen LogP contribution in [0.15, 0.2) is 61.2 Å². The fraction of sp³-hybridized carbons (Fsp3) is 0.200. The summed E-state index contributed by atoms with van der Waals surface area (Å²) < 4.78 is 43.4. The van der Waals surface area contributed by atoms with E-state index in [4.69, 9.17) is 10.00 Å². The second kappa shape index (κ2) is 8.90. The zero-order chi connectivity index (χ0) is 19.9. The van der Waals surface area contributed by atoms with E-state index in [0.29, 0.717) is 5.56 Å². The first-order valence-corrected chi connectivity index (χ1v) is 8.01. The molecule has 0 radical (unpaired) electrons. The van der Waals surface area contributed by atoms with E-state index >= 15 is 0 Å². The van der Waals surface area contributed by atoms with Crippen LogP contribution >= 0.6 is 0 Å². The van der Waals surface area contributed by atoms with E-state index in [9.17, 15) is 18.0 Å². The first-order chi connectivity index (χ1) is 12.8. The second-order valence-electron chi connectivity index (χ2n) is 5.69. The van der Waals surface area contributed by atoms with Crippen LogP contribution < -0.4 is 4.74 Å². The molecule has 0 spiro atoms. The molecule has 0 saturated carbocycles. The topological polar surface area (TPSA) is 53.3 Å². The summed E-state index contributed by atoms with van der Waals surface area (Å²) in [6.45, 7) is 3.73. The molecule has 1 amide bonds. The van der Waals surface area contributed by atoms with Gasteiger partial charge in [0.1, 0.15) is 5.75 Å². The van der Waals surface area contributed by atoms with Gasteiger partial charge < -0.3 is 9.64 Å². The maximum atomic E-state index is 12.7. The fourth-order valence-corrected chi connectivity index (χ4v) is 2.31. The van der Waals surface area contributed by atoms with Crippen LogP contribution in [0.5, 0.6) is 5.75 Å². The third-order valence-corrected chi connectivity index (χ3v) is 3.68. The van der Waals surface area contributed by atoms with E-state index in [-0.39, 0.29) is 18.8 Å². The highest BCUT2D eigenvalue weighted by Crippen LogP contribution is 2.31. The Hall–Kier alpha value is -3.27. The van der Waals surface area contributed by atoms with Gasteiger partial charge in [0.05, 0.1) is 17.2 Å². The van der Waals surface area contributed by atoms with Crippen LogP contribution in [0.4, 0.5) is 13.2 Å². The summed E-state index contributed by atoms with van der Waals surface area (Å²) in [4.78, 5) is 13.9. The van der Waals surface area contributed by atoms with Crippen molar-refractivity contribution in [2.75, 3.05) is 13.2 Å². The summed E-state index contributed by atoms with van der Waals surface area (Å²) in [6, 6.07) is 13.1. The Labute approximate surface area is 155 Å². The first kappa shape index (κ1) is 20.0. The average Bonchev–Trinajstić information content (AvgIpc) is 2.66. The van der Waals surface area contributed by atoms with E-state index in [1.54, 1.807) is 30.3 Å². The normalized spacial score (nSPS) is 10.7. The summed E-state index contributed by atoms with van der Waals surface area (Å²) in [7, 11) is 0. The van der Waals surface area contributed by atoms with Crippen LogP contribution in [0.2, 0.25) is 0 Å². The summed E-state index contributed by atoms with van der Waals surface area (Å²) in [5.41, 5.74) is 0.476. The SMILES string of the molecule is C=CCN(Cc1ccc(C#N)cc1)C(=O)COc1cccc(C(F)(F)F)c1. The third-order valence-electron chi connectivity index (χ3n) is 3.68. The smallest absolute Gasteiger partial charge is 0.416 e. The highest BCUT2D eigenvalue weighted by Gasteiger charge is 2.30. The minimum Gasteiger partial charge on any atom is -0.484 e. The second-order valence-corrected chi connectivity index (χ2v) is 5.69. The molecule has 0 heterocycles. The molecule has 2 aromatic rings. The van der Waals surface area contributed by atoms with Crippen LogP contribution in [0, 0.1) is 11.3 Å². The molecule has 0 unspecified atom stereocenters. The van der Waals surface area contributed by atoms with Crippen LogP contribution in [0.3, 0.4) is 0 Å². The highest BCUT2D eigenvalue weighted by atomic mass is 19.4. The number of hydrogen-bond donors (Lipinski definition) is 0. The Morgan fingerprint density at radius 1 is 1.22 bits per heavy atom. The molecule has 0 bridgehead atoms. The first-order valence-electron chi connectivity index (χ1n) is 8.01. The number of ether oxygens (including phenoxy) is 1. The molecular formula is C20H17F3N2O2. The van der Waals surface area contributed by atoms with Crippen molar-refractivity contribution in [3.05, 3.63) is 77.9 Å². The summed E-state index contributed by atoms with van der Waals surface area (Å²) in [5, 5.41) is 8.82. The van der Waals surface area contributed by atoms with Gasteiger partial charge in [-0.15, -0.1) is 6.58 Å². The zero-order valence-electron chi connectivity index (χ0n) is 14.4. The van der Waals surface area contributed by atoms with Gasteiger partial charge in [-0.05, 0) is 35.9 Å². The zero-order valence-corrected chi connectivity index (χ0v) is 14.4. The van der Waals surface area contributed by atoms with Gasteiger partial charge in [0, 0.05) is 13.1 Å². The molecule has 2 rings (SSSR count). The lowest BCUT2D eigenvalue weighted by Gasteiger charge is -2.21. The number of rotatable bonds is 7. The van der Waals surface area contributed by atoms with Crippen LogP contribution in [0.25, 0.3) is 0 Å². The summed E-state index contributed by atoms with van der Waals surface area (Å²) in [6.07, 6.45) is -2.93. The molecule has 0 atom stereocenters. The van der Waals surface area contributed by atoms with Crippen molar-refractivity contribution in [3.8, 4) is 11.8 Å². The monoisotopic (exact) mass is 374 g/mol. The maximum Gasteiger partial charge on any atom is 0.416 e. The maximum absolute atomic E-state index is 12.7. The predicted octanol–water partition coefficient (Wildman–Crippen LogP) is 4.17. The standard InChI is InChI=1S/C20H17F3N2O2/c1-2-10-25(13-16-8-6-15(12-24)7-9-16)19(26)14-27-18-5-3-4-17(11-18)20(21,22)23/h2-9,11H,1,10,13-14H2. The molecule has 0 aliphatic heterocycles. The predicted molar refractivity (Wildman–Crippen MR) is 93.7 cm³/mol. The Morgan fingerprint density at radius 2 is 1.93 bits per heavy atom. The van der Waals surface area contributed by atoms with Crippen molar-refractivity contribution in [2.45, 2.75) is 12.7 Å². The van der Waals surface area contributed by atoms with E-state index in [1.807, 2.05) is 6.07 Å². The molecule has 0 aliphatic carbocycles. The van der Waals surface area contributed by atoms with E-state index in [1.165, 1.54) is 17.0 Å². The van der Waals surface area contributed by atoms with Gasteiger partial charge >= 0.3 is 6.18 Å². The van der Waals surface area contributed by atoms with Crippen LogP contribution in [-0.4, -0.2) is 24.0 Å². The molecule has 0 fully saturated rings. The van der Waals surface area contributed by atoms with Crippen molar-refractivity contribution < 1.29 is 22.7 Å². The molecule has 4 nitrogen and oxygen atoms in total. The molecule has 2 aromatic carbocycles. The van der Waals surface area contributed by atoms with Gasteiger partial charge in [0.15, 0.2) is 6.61 Å². The van der Waals surface area contributed by atoms with Crippen molar-refractivity contribution in [1.29, 1.82) is 5.26 Å². The van der Waals surface area contributed by atoms with E-state index < -0.39 is 24.3 Å². The largest absolute Gasteiger partial charge is 0.484 e. The minimum atomic E-state index is -4.48. The number of nitrogens with zero attached hydrogens (tertiary/aromatic N) is 2.